The molecule has 2 rings (SSSR count). The molecular formula is C14H12BrFN2S. The Labute approximate surface area is 124 Å². The molecule has 0 aromatic heterocycles. The lowest BCUT2D eigenvalue weighted by molar-refractivity contribution is 0.626. The minimum atomic E-state index is -0.247. The van der Waals surface area contributed by atoms with Gasteiger partial charge in [-0.15, -0.1) is 0 Å². The van der Waals surface area contributed by atoms with E-state index in [0.717, 1.165) is 21.3 Å². The first-order chi connectivity index (χ1) is 9.06. The summed E-state index contributed by atoms with van der Waals surface area (Å²) in [7, 11) is 0. The van der Waals surface area contributed by atoms with Crippen molar-refractivity contribution >= 4 is 38.8 Å². The maximum atomic E-state index is 13.1. The van der Waals surface area contributed by atoms with Gasteiger partial charge in [0.1, 0.15) is 10.8 Å². The summed E-state index contributed by atoms with van der Waals surface area (Å²) in [6, 6.07) is 12.1. The Morgan fingerprint density at radius 2 is 2.05 bits per heavy atom. The van der Waals surface area contributed by atoms with Gasteiger partial charge in [0.15, 0.2) is 0 Å². The third-order valence-electron chi connectivity index (χ3n) is 2.62. The summed E-state index contributed by atoms with van der Waals surface area (Å²) in [6.07, 6.45) is 0. The van der Waals surface area contributed by atoms with Gasteiger partial charge in [0, 0.05) is 22.3 Å². The molecule has 0 fully saturated rings. The van der Waals surface area contributed by atoms with Gasteiger partial charge in [0.05, 0.1) is 0 Å². The van der Waals surface area contributed by atoms with E-state index < -0.39 is 0 Å². The molecule has 0 radical (unpaired) electrons. The fourth-order valence-electron chi connectivity index (χ4n) is 1.72. The van der Waals surface area contributed by atoms with Crippen molar-refractivity contribution in [2.45, 2.75) is 6.54 Å². The SMILES string of the molecule is NC(=S)c1ccc(Br)cc1NCc1cccc(F)c1. The summed E-state index contributed by atoms with van der Waals surface area (Å²) in [5.41, 5.74) is 8.13. The zero-order valence-electron chi connectivity index (χ0n) is 9.99. The van der Waals surface area contributed by atoms with Gasteiger partial charge in [0.25, 0.3) is 0 Å². The second-order valence-corrected chi connectivity index (χ2v) is 5.39. The first kappa shape index (κ1) is 14.0. The highest BCUT2D eigenvalue weighted by Crippen LogP contribution is 2.22. The van der Waals surface area contributed by atoms with Gasteiger partial charge in [-0.1, -0.05) is 40.3 Å². The molecule has 2 aromatic rings. The van der Waals surface area contributed by atoms with Crippen molar-refractivity contribution in [3.63, 3.8) is 0 Å². The van der Waals surface area contributed by atoms with Gasteiger partial charge in [-0.25, -0.2) is 4.39 Å². The topological polar surface area (TPSA) is 38.0 Å². The molecule has 0 aliphatic rings. The summed E-state index contributed by atoms with van der Waals surface area (Å²) >= 11 is 8.41. The second-order valence-electron chi connectivity index (χ2n) is 4.04. The summed E-state index contributed by atoms with van der Waals surface area (Å²) in [5, 5.41) is 3.21. The van der Waals surface area contributed by atoms with E-state index in [1.165, 1.54) is 12.1 Å². The molecule has 0 saturated heterocycles. The number of hydrogen-bond donors (Lipinski definition) is 2. The predicted molar refractivity (Wildman–Crippen MR) is 83.8 cm³/mol. The smallest absolute Gasteiger partial charge is 0.123 e. The number of anilines is 1. The van der Waals surface area contributed by atoms with Crippen LogP contribution in [0.15, 0.2) is 46.9 Å². The maximum absolute atomic E-state index is 13.1. The summed E-state index contributed by atoms with van der Waals surface area (Å²) in [6.45, 7) is 0.504. The molecule has 2 aromatic carbocycles. The number of hydrogen-bond acceptors (Lipinski definition) is 2. The van der Waals surface area contributed by atoms with Crippen LogP contribution in [0.1, 0.15) is 11.1 Å². The third-order valence-corrected chi connectivity index (χ3v) is 3.33. The van der Waals surface area contributed by atoms with E-state index in [9.17, 15) is 4.39 Å². The van der Waals surface area contributed by atoms with Crippen LogP contribution in [0.25, 0.3) is 0 Å². The van der Waals surface area contributed by atoms with Crippen LogP contribution >= 0.6 is 28.1 Å². The molecule has 0 aliphatic heterocycles. The fourth-order valence-corrected chi connectivity index (χ4v) is 2.26. The number of halogens is 2. The molecule has 3 N–H and O–H groups in total. The first-order valence-corrected chi connectivity index (χ1v) is 6.84. The lowest BCUT2D eigenvalue weighted by atomic mass is 10.1. The molecule has 19 heavy (non-hydrogen) atoms. The fraction of sp³-hybridized carbons (Fsp3) is 0.0714. The zero-order valence-corrected chi connectivity index (χ0v) is 12.4. The normalized spacial score (nSPS) is 10.2. The largest absolute Gasteiger partial charge is 0.389 e. The highest BCUT2D eigenvalue weighted by Gasteiger charge is 2.06. The Bertz CT molecular complexity index is 616. The third kappa shape index (κ3) is 3.75. The van der Waals surface area contributed by atoms with Crippen LogP contribution in [0.3, 0.4) is 0 Å². The second kappa shape index (κ2) is 6.12. The molecule has 98 valence electrons. The van der Waals surface area contributed by atoms with Crippen LogP contribution in [-0.2, 0) is 6.54 Å². The van der Waals surface area contributed by atoms with Gasteiger partial charge in [-0.3, -0.25) is 0 Å². The average molecular weight is 339 g/mol. The minimum absolute atomic E-state index is 0.247. The summed E-state index contributed by atoms with van der Waals surface area (Å²) in [4.78, 5) is 0.328. The molecular weight excluding hydrogens is 327 g/mol. The Balaban J connectivity index is 2.19. The van der Waals surface area contributed by atoms with Crippen LogP contribution < -0.4 is 11.1 Å². The van der Waals surface area contributed by atoms with E-state index in [-0.39, 0.29) is 5.82 Å². The molecule has 0 unspecified atom stereocenters. The molecule has 0 atom stereocenters. The first-order valence-electron chi connectivity index (χ1n) is 5.64. The van der Waals surface area contributed by atoms with Crippen LogP contribution in [0, 0.1) is 5.82 Å². The molecule has 0 aliphatic carbocycles. The van der Waals surface area contributed by atoms with Crippen LogP contribution in [0.4, 0.5) is 10.1 Å². The van der Waals surface area contributed by atoms with Crippen LogP contribution in [0.5, 0.6) is 0 Å². The molecule has 0 spiro atoms. The number of nitrogens with one attached hydrogen (secondary N) is 1. The van der Waals surface area contributed by atoms with Crippen molar-refractivity contribution < 1.29 is 4.39 Å². The molecule has 5 heteroatoms. The van der Waals surface area contributed by atoms with Gasteiger partial charge in [0.2, 0.25) is 0 Å². The number of nitrogens with two attached hydrogens (primary N) is 1. The van der Waals surface area contributed by atoms with Crippen molar-refractivity contribution in [3.05, 3.63) is 63.9 Å². The molecule has 0 saturated carbocycles. The van der Waals surface area contributed by atoms with E-state index in [1.807, 2.05) is 24.3 Å². The van der Waals surface area contributed by atoms with Crippen molar-refractivity contribution in [2.75, 3.05) is 5.32 Å². The Morgan fingerprint density at radius 1 is 1.26 bits per heavy atom. The van der Waals surface area contributed by atoms with Crippen molar-refractivity contribution in [1.29, 1.82) is 0 Å². The van der Waals surface area contributed by atoms with Crippen LogP contribution in [-0.4, -0.2) is 4.99 Å². The zero-order chi connectivity index (χ0) is 13.8. The molecule has 2 nitrogen and oxygen atoms in total. The number of benzene rings is 2. The maximum Gasteiger partial charge on any atom is 0.123 e. The van der Waals surface area contributed by atoms with Crippen LogP contribution in [0.2, 0.25) is 0 Å². The summed E-state index contributed by atoms with van der Waals surface area (Å²) in [5.74, 6) is -0.247. The molecule has 0 bridgehead atoms. The molecule has 0 heterocycles. The number of rotatable bonds is 4. The average Bonchev–Trinajstić information content (AvgIpc) is 2.36. The van der Waals surface area contributed by atoms with Gasteiger partial charge >= 0.3 is 0 Å². The standard InChI is InChI=1S/C14H12BrFN2S/c15-10-4-5-12(14(17)19)13(7-10)18-8-9-2-1-3-11(16)6-9/h1-7,18H,8H2,(H2,17,19). The van der Waals surface area contributed by atoms with Gasteiger partial charge in [-0.05, 0) is 35.9 Å². The van der Waals surface area contributed by atoms with E-state index in [0.29, 0.717) is 11.5 Å². The Hall–Kier alpha value is -1.46. The van der Waals surface area contributed by atoms with Gasteiger partial charge < -0.3 is 11.1 Å². The van der Waals surface area contributed by atoms with Crippen molar-refractivity contribution in [3.8, 4) is 0 Å². The lowest BCUT2D eigenvalue weighted by Crippen LogP contribution is -2.13. The summed E-state index contributed by atoms with van der Waals surface area (Å²) < 4.78 is 14.0. The van der Waals surface area contributed by atoms with Crippen molar-refractivity contribution in [2.24, 2.45) is 5.73 Å². The monoisotopic (exact) mass is 338 g/mol. The quantitative estimate of drug-likeness (QED) is 0.832. The predicted octanol–water partition coefficient (Wildman–Crippen LogP) is 3.83. The Kier molecular flexibility index (Phi) is 4.50. The van der Waals surface area contributed by atoms with E-state index in [1.54, 1.807) is 6.07 Å². The van der Waals surface area contributed by atoms with Gasteiger partial charge in [-0.2, -0.15) is 0 Å². The van der Waals surface area contributed by atoms with E-state index in [4.69, 9.17) is 18.0 Å². The minimum Gasteiger partial charge on any atom is -0.389 e. The number of thiocarbonyl (C=S) groups is 1. The van der Waals surface area contributed by atoms with E-state index in [2.05, 4.69) is 21.2 Å². The highest BCUT2D eigenvalue weighted by atomic mass is 79.9. The highest BCUT2D eigenvalue weighted by molar-refractivity contribution is 9.10. The molecule has 0 amide bonds. The van der Waals surface area contributed by atoms with E-state index >= 15 is 0 Å². The lowest BCUT2D eigenvalue weighted by Gasteiger charge is -2.12. The van der Waals surface area contributed by atoms with Crippen molar-refractivity contribution in [1.82, 2.24) is 0 Å². The Morgan fingerprint density at radius 3 is 2.74 bits per heavy atom.